The molecule has 1 aromatic rings. The summed E-state index contributed by atoms with van der Waals surface area (Å²) in [6.07, 6.45) is 2.92. The molecule has 23 heavy (non-hydrogen) atoms. The van der Waals surface area contributed by atoms with Crippen LogP contribution in [0.15, 0.2) is 24.3 Å². The molecule has 0 saturated heterocycles. The van der Waals surface area contributed by atoms with Gasteiger partial charge in [-0.25, -0.2) is 0 Å². The van der Waals surface area contributed by atoms with Gasteiger partial charge in [0.2, 0.25) is 11.8 Å². The van der Waals surface area contributed by atoms with Gasteiger partial charge in [-0.3, -0.25) is 9.59 Å². The van der Waals surface area contributed by atoms with Gasteiger partial charge in [-0.05, 0) is 23.8 Å². The number of carbonyl (C=O) groups excluding carboxylic acids is 2. The number of benzene rings is 1. The van der Waals surface area contributed by atoms with Crippen molar-refractivity contribution in [3.05, 3.63) is 29.8 Å². The molecule has 7 nitrogen and oxygen atoms in total. The van der Waals surface area contributed by atoms with E-state index < -0.39 is 0 Å². The van der Waals surface area contributed by atoms with Crippen LogP contribution in [0.3, 0.4) is 0 Å². The van der Waals surface area contributed by atoms with Gasteiger partial charge in [0.25, 0.3) is 0 Å². The van der Waals surface area contributed by atoms with E-state index in [0.29, 0.717) is 11.5 Å². The minimum absolute atomic E-state index is 0.0551. The summed E-state index contributed by atoms with van der Waals surface area (Å²) >= 11 is 0. The lowest BCUT2D eigenvalue weighted by Gasteiger charge is -2.10. The first-order valence-electron chi connectivity index (χ1n) is 6.81. The number of nitrogens with zero attached hydrogens (tertiary/aromatic N) is 2. The Kier molecular flexibility index (Phi) is 7.14. The molecule has 0 radical (unpaired) electrons. The molecule has 7 heteroatoms. The van der Waals surface area contributed by atoms with Crippen molar-refractivity contribution in [2.24, 2.45) is 0 Å². The van der Waals surface area contributed by atoms with Crippen LogP contribution in [0, 0.1) is 11.3 Å². The Labute approximate surface area is 135 Å². The first-order chi connectivity index (χ1) is 11.0. The molecule has 0 aliphatic heterocycles. The van der Waals surface area contributed by atoms with Crippen LogP contribution in [0.4, 0.5) is 0 Å². The van der Waals surface area contributed by atoms with E-state index in [0.717, 1.165) is 5.56 Å². The second-order valence-electron chi connectivity index (χ2n) is 4.70. The molecule has 1 N–H and O–H groups in total. The second-order valence-corrected chi connectivity index (χ2v) is 4.70. The number of nitriles is 1. The maximum Gasteiger partial charge on any atom is 0.244 e. The van der Waals surface area contributed by atoms with E-state index >= 15 is 0 Å². The molecule has 0 aliphatic carbocycles. The second kappa shape index (κ2) is 9.10. The highest BCUT2D eigenvalue weighted by atomic mass is 16.5. The van der Waals surface area contributed by atoms with E-state index in [2.05, 4.69) is 5.32 Å². The van der Waals surface area contributed by atoms with Crippen molar-refractivity contribution in [1.29, 1.82) is 5.26 Å². The van der Waals surface area contributed by atoms with Gasteiger partial charge < -0.3 is 19.7 Å². The summed E-state index contributed by atoms with van der Waals surface area (Å²) in [4.78, 5) is 24.4. The van der Waals surface area contributed by atoms with Gasteiger partial charge in [-0.1, -0.05) is 6.07 Å². The Bertz CT molecular complexity index is 633. The van der Waals surface area contributed by atoms with Crippen molar-refractivity contribution < 1.29 is 19.1 Å². The van der Waals surface area contributed by atoms with Gasteiger partial charge in [0, 0.05) is 20.2 Å². The highest BCUT2D eigenvalue weighted by Crippen LogP contribution is 2.28. The van der Waals surface area contributed by atoms with Crippen LogP contribution < -0.4 is 14.8 Å². The first-order valence-corrected chi connectivity index (χ1v) is 6.81. The molecule has 1 aromatic carbocycles. The average Bonchev–Trinajstić information content (AvgIpc) is 2.55. The van der Waals surface area contributed by atoms with Crippen molar-refractivity contribution >= 4 is 17.9 Å². The summed E-state index contributed by atoms with van der Waals surface area (Å²) in [7, 11) is 4.72. The van der Waals surface area contributed by atoms with E-state index in [9.17, 15) is 9.59 Å². The van der Waals surface area contributed by atoms with Crippen LogP contribution in [0.25, 0.3) is 6.08 Å². The van der Waals surface area contributed by atoms with E-state index in [4.69, 9.17) is 14.7 Å². The zero-order valence-corrected chi connectivity index (χ0v) is 13.3. The van der Waals surface area contributed by atoms with Crippen LogP contribution in [-0.4, -0.2) is 51.1 Å². The molecule has 0 bridgehead atoms. The third-order valence-electron chi connectivity index (χ3n) is 2.82. The summed E-state index contributed by atoms with van der Waals surface area (Å²) in [6, 6.07) is 6.94. The molecular weight excluding hydrogens is 298 g/mol. The average molecular weight is 317 g/mol. The molecule has 0 atom stereocenters. The van der Waals surface area contributed by atoms with Gasteiger partial charge in [-0.2, -0.15) is 5.26 Å². The molecule has 0 fully saturated rings. The quantitative estimate of drug-likeness (QED) is 0.752. The number of carbonyl (C=O) groups is 2. The number of nitrogens with one attached hydrogen (secondary N) is 1. The Hall–Kier alpha value is -3.01. The van der Waals surface area contributed by atoms with Crippen molar-refractivity contribution in [3.63, 3.8) is 0 Å². The predicted molar refractivity (Wildman–Crippen MR) is 84.8 cm³/mol. The third-order valence-corrected chi connectivity index (χ3v) is 2.82. The molecule has 0 saturated carbocycles. The maximum atomic E-state index is 11.6. The minimum Gasteiger partial charge on any atom is -0.493 e. The Morgan fingerprint density at radius 2 is 2.09 bits per heavy atom. The zero-order chi connectivity index (χ0) is 17.2. The number of hydrogen-bond acceptors (Lipinski definition) is 5. The largest absolute Gasteiger partial charge is 0.493 e. The summed E-state index contributed by atoms with van der Waals surface area (Å²) in [5, 5.41) is 11.0. The molecule has 0 unspecified atom stereocenters. The number of hydrogen-bond donors (Lipinski definition) is 1. The van der Waals surface area contributed by atoms with Crippen LogP contribution in [0.2, 0.25) is 0 Å². The summed E-state index contributed by atoms with van der Waals surface area (Å²) < 4.78 is 10.4. The van der Waals surface area contributed by atoms with Crippen LogP contribution in [0.5, 0.6) is 11.5 Å². The topological polar surface area (TPSA) is 91.7 Å². The minimum atomic E-state index is -0.371. The van der Waals surface area contributed by atoms with Gasteiger partial charge in [0.05, 0.1) is 13.7 Å². The number of rotatable bonds is 7. The zero-order valence-electron chi connectivity index (χ0n) is 13.3. The van der Waals surface area contributed by atoms with Gasteiger partial charge in [-0.15, -0.1) is 0 Å². The molecule has 0 heterocycles. The van der Waals surface area contributed by atoms with Crippen LogP contribution in [0.1, 0.15) is 5.56 Å². The fraction of sp³-hybridized carbons (Fsp3) is 0.312. The number of methoxy groups -OCH3 is 1. The highest BCUT2D eigenvalue weighted by Gasteiger charge is 2.06. The Morgan fingerprint density at radius 1 is 1.35 bits per heavy atom. The summed E-state index contributed by atoms with van der Waals surface area (Å²) in [5.74, 6) is 0.356. The van der Waals surface area contributed by atoms with Gasteiger partial charge in [0.1, 0.15) is 6.07 Å². The molecule has 0 aliphatic rings. The molecular formula is C16H19N3O4. The standard InChI is InChI=1S/C16H19N3O4/c1-19(2)16(21)11-18-15(20)7-5-12-4-6-13(23-9-8-17)14(10-12)22-3/h4-7,10H,9,11H2,1-3H3,(H,18,20)/b7-5+. The van der Waals surface area contributed by atoms with E-state index in [1.165, 1.54) is 18.1 Å². The molecule has 122 valence electrons. The fourth-order valence-corrected chi connectivity index (χ4v) is 1.57. The number of ether oxygens (including phenoxy) is 2. The Balaban J connectivity index is 2.67. The normalized spacial score (nSPS) is 10.0. The van der Waals surface area contributed by atoms with Crippen LogP contribution in [-0.2, 0) is 9.59 Å². The lowest BCUT2D eigenvalue weighted by atomic mass is 10.2. The number of amides is 2. The van der Waals surface area contributed by atoms with Crippen molar-refractivity contribution in [2.75, 3.05) is 34.4 Å². The van der Waals surface area contributed by atoms with Crippen molar-refractivity contribution in [1.82, 2.24) is 10.2 Å². The highest BCUT2D eigenvalue weighted by molar-refractivity contribution is 5.94. The monoisotopic (exact) mass is 317 g/mol. The fourth-order valence-electron chi connectivity index (χ4n) is 1.57. The molecule has 2 amide bonds. The number of likely N-dealkylation sites (N-methyl/N-ethyl adjacent to an activating group) is 1. The molecule has 1 rings (SSSR count). The van der Waals surface area contributed by atoms with Crippen LogP contribution >= 0.6 is 0 Å². The van der Waals surface area contributed by atoms with Gasteiger partial charge >= 0.3 is 0 Å². The predicted octanol–water partition coefficient (Wildman–Crippen LogP) is 0.815. The third kappa shape index (κ3) is 6.09. The molecule has 0 aromatic heterocycles. The SMILES string of the molecule is COc1cc(/C=C/C(=O)NCC(=O)N(C)C)ccc1OCC#N. The lowest BCUT2D eigenvalue weighted by Crippen LogP contribution is -2.35. The maximum absolute atomic E-state index is 11.6. The van der Waals surface area contributed by atoms with Gasteiger partial charge in [0.15, 0.2) is 18.1 Å². The van der Waals surface area contributed by atoms with E-state index in [-0.39, 0.29) is 25.0 Å². The first kappa shape index (κ1) is 18.0. The Morgan fingerprint density at radius 3 is 2.70 bits per heavy atom. The van der Waals surface area contributed by atoms with Crippen molar-refractivity contribution in [2.45, 2.75) is 0 Å². The van der Waals surface area contributed by atoms with Crippen molar-refractivity contribution in [3.8, 4) is 17.6 Å². The summed E-state index contributed by atoms with van der Waals surface area (Å²) in [6.45, 7) is -0.131. The van der Waals surface area contributed by atoms with E-state index in [1.54, 1.807) is 38.4 Å². The lowest BCUT2D eigenvalue weighted by molar-refractivity contribution is -0.129. The molecule has 0 spiro atoms. The smallest absolute Gasteiger partial charge is 0.244 e. The van der Waals surface area contributed by atoms with E-state index in [1.807, 2.05) is 6.07 Å². The summed E-state index contributed by atoms with van der Waals surface area (Å²) in [5.41, 5.74) is 0.722.